The summed E-state index contributed by atoms with van der Waals surface area (Å²) in [6.07, 6.45) is 2.21. The zero-order chi connectivity index (χ0) is 12.3. The van der Waals surface area contributed by atoms with Crippen LogP contribution in [0.1, 0.15) is 27.2 Å². The van der Waals surface area contributed by atoms with Crippen LogP contribution in [0.5, 0.6) is 0 Å². The van der Waals surface area contributed by atoms with Crippen LogP contribution in [0.4, 0.5) is 0 Å². The average Bonchev–Trinajstić information content (AvgIpc) is 1.94. The van der Waals surface area contributed by atoms with Gasteiger partial charge in [-0.3, -0.25) is 9.35 Å². The van der Waals surface area contributed by atoms with Gasteiger partial charge in [0.1, 0.15) is 0 Å². The second-order valence-electron chi connectivity index (χ2n) is 5.53. The van der Waals surface area contributed by atoms with Crippen LogP contribution in [0.25, 0.3) is 0 Å². The SMILES string of the molecule is CC(C)(C)[Si](C)(C)OCCC=S(C)(N)=O. The van der Waals surface area contributed by atoms with Crippen molar-refractivity contribution >= 4 is 23.4 Å². The second kappa shape index (κ2) is 4.99. The Morgan fingerprint density at radius 2 is 1.87 bits per heavy atom. The van der Waals surface area contributed by atoms with E-state index in [0.717, 1.165) is 0 Å². The van der Waals surface area contributed by atoms with E-state index in [1.54, 1.807) is 11.6 Å². The first-order chi connectivity index (χ1) is 6.46. The van der Waals surface area contributed by atoms with Gasteiger partial charge in [-0.2, -0.15) is 0 Å². The van der Waals surface area contributed by atoms with E-state index in [2.05, 4.69) is 33.9 Å². The maximum atomic E-state index is 11.2. The highest BCUT2D eigenvalue weighted by Crippen LogP contribution is 2.36. The minimum atomic E-state index is -2.22. The molecule has 92 valence electrons. The van der Waals surface area contributed by atoms with Crippen molar-refractivity contribution in [3.05, 3.63) is 0 Å². The van der Waals surface area contributed by atoms with Gasteiger partial charge >= 0.3 is 0 Å². The zero-order valence-corrected chi connectivity index (χ0v) is 12.6. The summed E-state index contributed by atoms with van der Waals surface area (Å²) in [5.41, 5.74) is 0. The highest BCUT2D eigenvalue weighted by Gasteiger charge is 2.36. The fourth-order valence-corrected chi connectivity index (χ4v) is 2.44. The molecule has 3 nitrogen and oxygen atoms in total. The van der Waals surface area contributed by atoms with Gasteiger partial charge in [0.25, 0.3) is 0 Å². The fraction of sp³-hybridized carbons (Fsp3) is 0.900. The Labute approximate surface area is 95.7 Å². The summed E-state index contributed by atoms with van der Waals surface area (Å²) in [6.45, 7) is 11.6. The van der Waals surface area contributed by atoms with Gasteiger partial charge < -0.3 is 4.43 Å². The van der Waals surface area contributed by atoms with Crippen LogP contribution < -0.4 is 5.14 Å². The smallest absolute Gasteiger partial charge is 0.191 e. The van der Waals surface area contributed by atoms with E-state index >= 15 is 0 Å². The normalized spacial score (nSPS) is 17.3. The van der Waals surface area contributed by atoms with Gasteiger partial charge in [-0.25, -0.2) is 0 Å². The molecular formula is C10H25NO2SSi. The monoisotopic (exact) mass is 251 g/mol. The lowest BCUT2D eigenvalue weighted by Crippen LogP contribution is -2.41. The van der Waals surface area contributed by atoms with Crippen LogP contribution in [-0.4, -0.2) is 30.8 Å². The van der Waals surface area contributed by atoms with Crippen molar-refractivity contribution in [2.24, 2.45) is 5.14 Å². The summed E-state index contributed by atoms with van der Waals surface area (Å²) in [7, 11) is -3.87. The van der Waals surface area contributed by atoms with Crippen molar-refractivity contribution in [1.82, 2.24) is 0 Å². The van der Waals surface area contributed by atoms with E-state index in [0.29, 0.717) is 13.0 Å². The molecule has 1 atom stereocenters. The third-order valence-electron chi connectivity index (χ3n) is 2.84. The van der Waals surface area contributed by atoms with Crippen LogP contribution in [0.15, 0.2) is 0 Å². The second-order valence-corrected chi connectivity index (χ2v) is 12.6. The molecule has 0 saturated carbocycles. The number of rotatable bonds is 4. The minimum absolute atomic E-state index is 0.226. The molecular weight excluding hydrogens is 226 g/mol. The van der Waals surface area contributed by atoms with Crippen molar-refractivity contribution in [3.63, 3.8) is 0 Å². The van der Waals surface area contributed by atoms with Crippen LogP contribution in [0.3, 0.4) is 0 Å². The number of nitrogens with two attached hydrogens (primary N) is 1. The summed E-state index contributed by atoms with van der Waals surface area (Å²) in [5.74, 6) is 0. The molecule has 0 aliphatic carbocycles. The summed E-state index contributed by atoms with van der Waals surface area (Å²) < 4.78 is 17.1. The van der Waals surface area contributed by atoms with Crippen molar-refractivity contribution in [3.8, 4) is 0 Å². The summed E-state index contributed by atoms with van der Waals surface area (Å²) in [5, 5.41) is 7.28. The van der Waals surface area contributed by atoms with Crippen LogP contribution in [-0.2, 0) is 14.1 Å². The van der Waals surface area contributed by atoms with Gasteiger partial charge in [0, 0.05) is 22.6 Å². The Kier molecular flexibility index (Phi) is 5.04. The molecule has 15 heavy (non-hydrogen) atoms. The van der Waals surface area contributed by atoms with Gasteiger partial charge in [0.2, 0.25) is 0 Å². The lowest BCUT2D eigenvalue weighted by Gasteiger charge is -2.36. The molecule has 2 N–H and O–H groups in total. The predicted molar refractivity (Wildman–Crippen MR) is 72.1 cm³/mol. The molecule has 0 aliphatic heterocycles. The van der Waals surface area contributed by atoms with Gasteiger partial charge in [0.05, 0.1) is 0 Å². The van der Waals surface area contributed by atoms with Gasteiger partial charge in [-0.05, 0) is 29.9 Å². The quantitative estimate of drug-likeness (QED) is 0.472. The minimum Gasteiger partial charge on any atom is -0.416 e. The van der Waals surface area contributed by atoms with E-state index in [-0.39, 0.29) is 5.04 Å². The maximum absolute atomic E-state index is 11.2. The third kappa shape index (κ3) is 6.35. The Hall–Kier alpha value is 0.157. The molecule has 0 radical (unpaired) electrons. The molecule has 5 heteroatoms. The average molecular weight is 251 g/mol. The molecule has 0 aliphatic rings. The standard InChI is InChI=1S/C10H25NO2SSi/c1-10(2,3)15(5,6)13-8-7-9-14(4,11)12/h9H,7-8H2,1-6H3,(H2,11,12). The molecule has 0 rings (SSSR count). The molecule has 0 aromatic carbocycles. The first kappa shape index (κ1) is 15.2. The van der Waals surface area contributed by atoms with Crippen molar-refractivity contribution in [2.45, 2.75) is 45.3 Å². The molecule has 0 aromatic rings. The van der Waals surface area contributed by atoms with Crippen LogP contribution >= 0.6 is 0 Å². The van der Waals surface area contributed by atoms with Gasteiger partial charge in [-0.1, -0.05) is 20.8 Å². The van der Waals surface area contributed by atoms with Gasteiger partial charge in [-0.15, -0.1) is 0 Å². The topological polar surface area (TPSA) is 52.3 Å². The maximum Gasteiger partial charge on any atom is 0.191 e. The molecule has 0 heterocycles. The van der Waals surface area contributed by atoms with E-state index < -0.39 is 18.0 Å². The summed E-state index contributed by atoms with van der Waals surface area (Å²) in [4.78, 5) is 0. The molecule has 0 saturated heterocycles. The lowest BCUT2D eigenvalue weighted by molar-refractivity contribution is 0.299. The lowest BCUT2D eigenvalue weighted by atomic mass is 10.2. The van der Waals surface area contributed by atoms with Crippen LogP contribution in [0, 0.1) is 0 Å². The first-order valence-corrected chi connectivity index (χ1v) is 10.2. The van der Waals surface area contributed by atoms with E-state index in [1.807, 2.05) is 0 Å². The van der Waals surface area contributed by atoms with Crippen molar-refractivity contribution in [1.29, 1.82) is 0 Å². The van der Waals surface area contributed by atoms with Gasteiger partial charge in [0.15, 0.2) is 8.32 Å². The number of hydrogen-bond donors (Lipinski definition) is 1. The van der Waals surface area contributed by atoms with Crippen LogP contribution in [0.2, 0.25) is 18.1 Å². The Morgan fingerprint density at radius 1 is 1.40 bits per heavy atom. The Balaban J connectivity index is 4.14. The molecule has 0 amide bonds. The Morgan fingerprint density at radius 3 is 2.20 bits per heavy atom. The Bertz CT molecular complexity index is 304. The molecule has 0 bridgehead atoms. The fourth-order valence-electron chi connectivity index (χ4n) is 0.813. The highest BCUT2D eigenvalue weighted by molar-refractivity contribution is 7.98. The van der Waals surface area contributed by atoms with E-state index in [4.69, 9.17) is 9.56 Å². The third-order valence-corrected chi connectivity index (χ3v) is 8.27. The predicted octanol–water partition coefficient (Wildman–Crippen LogP) is 1.99. The summed E-state index contributed by atoms with van der Waals surface area (Å²) >= 11 is 0. The number of hydrogen-bond acceptors (Lipinski definition) is 2. The molecule has 0 spiro atoms. The first-order valence-electron chi connectivity index (χ1n) is 5.20. The van der Waals surface area contributed by atoms with E-state index in [1.165, 1.54) is 0 Å². The highest BCUT2D eigenvalue weighted by atomic mass is 32.2. The molecule has 0 aromatic heterocycles. The van der Waals surface area contributed by atoms with Crippen molar-refractivity contribution in [2.75, 3.05) is 12.9 Å². The van der Waals surface area contributed by atoms with Crippen molar-refractivity contribution < 1.29 is 8.63 Å². The largest absolute Gasteiger partial charge is 0.416 e. The summed E-state index contributed by atoms with van der Waals surface area (Å²) in [6, 6.07) is 0. The molecule has 0 fully saturated rings. The zero-order valence-electron chi connectivity index (χ0n) is 10.8. The molecule has 1 unspecified atom stereocenters. The van der Waals surface area contributed by atoms with E-state index in [9.17, 15) is 4.21 Å².